The number of hydrogen-bond acceptors (Lipinski definition) is 4. The van der Waals surface area contributed by atoms with E-state index < -0.39 is 5.97 Å². The van der Waals surface area contributed by atoms with Gasteiger partial charge in [0.15, 0.2) is 0 Å². The molecule has 11 rings (SSSR count). The Hall–Kier alpha value is -8.67. The van der Waals surface area contributed by atoms with Crippen LogP contribution in [-0.2, 0) is 26.5 Å². The van der Waals surface area contributed by atoms with Crippen LogP contribution in [0, 0.1) is 17.5 Å². The van der Waals surface area contributed by atoms with Gasteiger partial charge in [-0.05, 0) is 120 Å². The summed E-state index contributed by atoms with van der Waals surface area (Å²) < 4.78 is 0. The van der Waals surface area contributed by atoms with E-state index in [9.17, 15) is 4.79 Å². The summed E-state index contributed by atoms with van der Waals surface area (Å²) in [5.74, 6) is -0.916. The smallest absolute Gasteiger partial charge is 0.247 e. The van der Waals surface area contributed by atoms with E-state index in [2.05, 4.69) is 213 Å². The van der Waals surface area contributed by atoms with E-state index in [4.69, 9.17) is 10.1 Å². The van der Waals surface area contributed by atoms with E-state index in [0.717, 1.165) is 101 Å². The minimum atomic E-state index is -0.916. The molecule has 0 aliphatic heterocycles. The van der Waals surface area contributed by atoms with Gasteiger partial charge in [0.05, 0.1) is 0 Å². The van der Waals surface area contributed by atoms with Crippen LogP contribution in [0.3, 0.4) is 0 Å². The number of hydrogen-bond donors (Lipinski definition) is 1. The second kappa shape index (κ2) is 23.5. The van der Waals surface area contributed by atoms with E-state index in [0.29, 0.717) is 0 Å². The molecular formula is C69H53IrN3O2-2. The fourth-order valence-corrected chi connectivity index (χ4v) is 9.52. The summed E-state index contributed by atoms with van der Waals surface area (Å²) >= 11 is 0. The Morgan fingerprint density at radius 2 is 0.907 bits per heavy atom. The minimum absolute atomic E-state index is 0. The Balaban J connectivity index is 0.000000401. The van der Waals surface area contributed by atoms with Gasteiger partial charge in [-0.2, -0.15) is 0 Å². The number of nitrogens with zero attached hydrogens (tertiary/aromatic N) is 3. The van der Waals surface area contributed by atoms with Crippen LogP contribution in [0.15, 0.2) is 249 Å². The summed E-state index contributed by atoms with van der Waals surface area (Å²) in [5.41, 5.74) is 21.1. The fraction of sp³-hybridized carbons (Fsp3) is 0.0725. The van der Waals surface area contributed by atoms with Gasteiger partial charge in [-0.15, -0.1) is 65.7 Å². The molecule has 0 aliphatic carbocycles. The third kappa shape index (κ3) is 12.2. The number of aromatic nitrogens is 3. The Morgan fingerprint density at radius 1 is 0.427 bits per heavy atom. The second-order valence-electron chi connectivity index (χ2n) is 19.4. The summed E-state index contributed by atoms with van der Waals surface area (Å²) in [4.78, 5) is 24.7. The summed E-state index contributed by atoms with van der Waals surface area (Å²) in [6.45, 7) is 6.39. The van der Waals surface area contributed by atoms with Crippen molar-refractivity contribution in [2.45, 2.75) is 27.2 Å². The molecule has 0 amide bonds. The molecule has 1 N–H and O–H groups in total. The molecule has 5 nitrogen and oxygen atoms in total. The molecule has 1 radical (unpaired) electrons. The predicted molar refractivity (Wildman–Crippen MR) is 303 cm³/mol. The molecule has 0 aliphatic rings. The Morgan fingerprint density at radius 3 is 1.41 bits per heavy atom. The third-order valence-corrected chi connectivity index (χ3v) is 12.9. The van der Waals surface area contributed by atoms with Crippen molar-refractivity contribution >= 4 is 5.97 Å². The van der Waals surface area contributed by atoms with Gasteiger partial charge >= 0.3 is 0 Å². The van der Waals surface area contributed by atoms with E-state index >= 15 is 0 Å². The molecule has 0 atom stereocenters. The van der Waals surface area contributed by atoms with E-state index in [-0.39, 0.29) is 31.1 Å². The number of pyridine rings is 3. The zero-order chi connectivity index (χ0) is 50.9. The topological polar surface area (TPSA) is 76.0 Å². The van der Waals surface area contributed by atoms with Crippen LogP contribution >= 0.6 is 0 Å². The zero-order valence-corrected chi connectivity index (χ0v) is 44.3. The average molecular weight is 1150 g/mol. The Labute approximate surface area is 453 Å². The average Bonchev–Trinajstić information content (AvgIpc) is 3.46. The molecule has 3 heterocycles. The van der Waals surface area contributed by atoms with Gasteiger partial charge in [-0.3, -0.25) is 9.97 Å². The summed E-state index contributed by atoms with van der Waals surface area (Å²) in [6.07, 6.45) is 10.4. The van der Waals surface area contributed by atoms with Crippen molar-refractivity contribution < 1.29 is 30.0 Å². The van der Waals surface area contributed by atoms with E-state index in [1.807, 2.05) is 67.4 Å². The molecule has 0 saturated heterocycles. The van der Waals surface area contributed by atoms with Crippen molar-refractivity contribution in [1.29, 1.82) is 0 Å². The number of carboxylic acid groups (broad SMARTS) is 1. The molecule has 0 saturated carbocycles. The van der Waals surface area contributed by atoms with Gasteiger partial charge in [0, 0.05) is 67.8 Å². The van der Waals surface area contributed by atoms with Crippen LogP contribution in [0.1, 0.15) is 36.7 Å². The number of rotatable bonds is 11. The normalized spacial score (nSPS) is 10.9. The molecule has 8 aromatic carbocycles. The molecule has 0 spiro atoms. The second-order valence-corrected chi connectivity index (χ2v) is 19.4. The SMILES string of the molecule is CC(C)(C)Cc1cc[c-]c(C(=O)O)c1.[Ir].[c-]1ccccc1-c1cc(-c2ccc(-c3ccccc3)cc2)c(-c2ccccc2-c2cc(-c3ccccc3-c3cccnc3)cc(-c3ccccc3-c3cccnc3)c2)cn1. The van der Waals surface area contributed by atoms with Gasteiger partial charge < -0.3 is 14.9 Å². The molecule has 0 bridgehead atoms. The van der Waals surface area contributed by atoms with Crippen LogP contribution in [0.2, 0.25) is 0 Å². The van der Waals surface area contributed by atoms with Crippen molar-refractivity contribution in [3.8, 4) is 100 Å². The van der Waals surface area contributed by atoms with Crippen LogP contribution in [0.5, 0.6) is 0 Å². The molecule has 11 aromatic rings. The van der Waals surface area contributed by atoms with E-state index in [1.165, 1.54) is 11.1 Å². The first-order valence-electron chi connectivity index (χ1n) is 24.8. The molecule has 75 heavy (non-hydrogen) atoms. The Kier molecular flexibility index (Phi) is 16.0. The van der Waals surface area contributed by atoms with Gasteiger partial charge in [0.25, 0.3) is 0 Å². The number of carbonyl (C=O) groups is 1. The van der Waals surface area contributed by atoms with Crippen LogP contribution < -0.4 is 0 Å². The predicted octanol–water partition coefficient (Wildman–Crippen LogP) is 17.4. The van der Waals surface area contributed by atoms with Gasteiger partial charge in [0.1, 0.15) is 0 Å². The van der Waals surface area contributed by atoms with Gasteiger partial charge in [-0.25, -0.2) is 0 Å². The van der Waals surface area contributed by atoms with Crippen molar-refractivity contribution in [3.63, 3.8) is 0 Å². The molecule has 0 unspecified atom stereocenters. The summed E-state index contributed by atoms with van der Waals surface area (Å²) in [5, 5.41) is 8.78. The monoisotopic (exact) mass is 1150 g/mol. The van der Waals surface area contributed by atoms with Crippen LogP contribution in [0.4, 0.5) is 0 Å². The number of carboxylic acids is 1. The van der Waals surface area contributed by atoms with Crippen LogP contribution in [0.25, 0.3) is 100 Å². The minimum Gasteiger partial charge on any atom is -0.521 e. The maximum absolute atomic E-state index is 10.7. The van der Waals surface area contributed by atoms with Gasteiger partial charge in [-0.1, -0.05) is 172 Å². The quantitative estimate of drug-likeness (QED) is 0.131. The van der Waals surface area contributed by atoms with Gasteiger partial charge in [0.2, 0.25) is 5.97 Å². The first kappa shape index (κ1) is 51.2. The molecular weight excluding hydrogens is 1090 g/mol. The molecule has 6 heteroatoms. The maximum atomic E-state index is 10.7. The maximum Gasteiger partial charge on any atom is 0.247 e. The van der Waals surface area contributed by atoms with Crippen molar-refractivity contribution in [3.05, 3.63) is 273 Å². The Bertz CT molecular complexity index is 3590. The number of benzene rings is 8. The fourth-order valence-electron chi connectivity index (χ4n) is 9.52. The third-order valence-electron chi connectivity index (χ3n) is 12.9. The molecule has 3 aromatic heterocycles. The van der Waals surface area contributed by atoms with Crippen molar-refractivity contribution in [2.75, 3.05) is 0 Å². The first-order chi connectivity index (χ1) is 36.1. The van der Waals surface area contributed by atoms with E-state index in [1.54, 1.807) is 12.1 Å². The summed E-state index contributed by atoms with van der Waals surface area (Å²) in [7, 11) is 0. The zero-order valence-electron chi connectivity index (χ0n) is 41.9. The molecule has 0 fully saturated rings. The largest absolute Gasteiger partial charge is 0.521 e. The van der Waals surface area contributed by atoms with Crippen molar-refractivity contribution in [2.24, 2.45) is 5.41 Å². The number of aromatic carboxylic acids is 1. The molecule has 367 valence electrons. The van der Waals surface area contributed by atoms with Crippen LogP contribution in [-0.4, -0.2) is 26.0 Å². The standard InChI is InChI=1S/C57H38N3.C12H15O2.Ir/c1-3-15-40(16-4-1)41-27-29-42(30-28-41)55-36-57(43-17-5-2-6-18-43)60-39-56(55)54-26-12-11-25-53(54)48-34-46(51-23-9-7-21-49(51)44-19-13-31-58-37-44)33-47(35-48)52-24-10-8-22-50(52)45-20-14-32-59-38-45;1-12(2,3)8-9-5-4-6-10(7-9)11(13)14;/h1-17,19-39H;4-5,7H,8H2,1-3H3,(H,13,14);/q2*-1;. The first-order valence-corrected chi connectivity index (χ1v) is 24.8. The van der Waals surface area contributed by atoms with Crippen molar-refractivity contribution in [1.82, 2.24) is 15.0 Å². The summed E-state index contributed by atoms with van der Waals surface area (Å²) in [6, 6.07) is 82.2.